The van der Waals surface area contributed by atoms with Gasteiger partial charge in [0.05, 0.1) is 0 Å². The Morgan fingerprint density at radius 1 is 1.11 bits per heavy atom. The molecule has 2 rings (SSSR count). The molecule has 0 heterocycles. The SMILES string of the molecule is Cc1cc(C(=O)Nc2cc(Cl)ccc2C)ccc1N. The molecule has 4 heteroatoms. The average Bonchev–Trinajstić information content (AvgIpc) is 2.37. The number of halogens is 1. The first-order valence-electron chi connectivity index (χ1n) is 5.91. The van der Waals surface area contributed by atoms with Crippen LogP contribution in [-0.4, -0.2) is 5.91 Å². The maximum absolute atomic E-state index is 12.1. The van der Waals surface area contributed by atoms with Crippen molar-refractivity contribution in [2.24, 2.45) is 0 Å². The molecule has 0 aliphatic carbocycles. The number of hydrogen-bond acceptors (Lipinski definition) is 2. The van der Waals surface area contributed by atoms with Crippen LogP contribution >= 0.6 is 11.6 Å². The van der Waals surface area contributed by atoms with Crippen molar-refractivity contribution in [3.8, 4) is 0 Å². The number of nitrogens with one attached hydrogen (secondary N) is 1. The van der Waals surface area contributed by atoms with Crippen LogP contribution in [0.15, 0.2) is 36.4 Å². The fourth-order valence-electron chi connectivity index (χ4n) is 1.74. The Balaban J connectivity index is 2.25. The van der Waals surface area contributed by atoms with Crippen LogP contribution in [0.1, 0.15) is 21.5 Å². The summed E-state index contributed by atoms with van der Waals surface area (Å²) in [6, 6.07) is 10.6. The Morgan fingerprint density at radius 3 is 2.53 bits per heavy atom. The molecule has 98 valence electrons. The van der Waals surface area contributed by atoms with Gasteiger partial charge in [0.2, 0.25) is 0 Å². The van der Waals surface area contributed by atoms with E-state index in [0.717, 1.165) is 11.1 Å². The monoisotopic (exact) mass is 274 g/mol. The fraction of sp³-hybridized carbons (Fsp3) is 0.133. The molecule has 0 bridgehead atoms. The van der Waals surface area contributed by atoms with Crippen LogP contribution in [0.3, 0.4) is 0 Å². The van der Waals surface area contributed by atoms with Gasteiger partial charge < -0.3 is 11.1 Å². The number of nitrogens with two attached hydrogens (primary N) is 1. The lowest BCUT2D eigenvalue weighted by molar-refractivity contribution is 0.102. The molecule has 0 aliphatic heterocycles. The molecular formula is C15H15ClN2O. The highest BCUT2D eigenvalue weighted by Crippen LogP contribution is 2.21. The topological polar surface area (TPSA) is 55.1 Å². The summed E-state index contributed by atoms with van der Waals surface area (Å²) in [5, 5.41) is 3.44. The predicted molar refractivity (Wildman–Crippen MR) is 79.7 cm³/mol. The summed E-state index contributed by atoms with van der Waals surface area (Å²) < 4.78 is 0. The molecule has 19 heavy (non-hydrogen) atoms. The van der Waals surface area contributed by atoms with E-state index < -0.39 is 0 Å². The van der Waals surface area contributed by atoms with E-state index in [-0.39, 0.29) is 5.91 Å². The molecule has 0 spiro atoms. The molecule has 0 unspecified atom stereocenters. The van der Waals surface area contributed by atoms with E-state index in [1.54, 1.807) is 30.3 Å². The summed E-state index contributed by atoms with van der Waals surface area (Å²) in [7, 11) is 0. The normalized spacial score (nSPS) is 10.3. The fourth-order valence-corrected chi connectivity index (χ4v) is 1.91. The summed E-state index contributed by atoms with van der Waals surface area (Å²) in [6.45, 7) is 3.79. The van der Waals surface area contributed by atoms with Crippen LogP contribution in [0.4, 0.5) is 11.4 Å². The highest BCUT2D eigenvalue weighted by atomic mass is 35.5. The summed E-state index contributed by atoms with van der Waals surface area (Å²) in [5.41, 5.74) is 9.55. The Morgan fingerprint density at radius 2 is 1.84 bits per heavy atom. The number of benzene rings is 2. The Hall–Kier alpha value is -2.00. The number of aryl methyl sites for hydroxylation is 2. The number of carbonyl (C=O) groups excluding carboxylic acids is 1. The van der Waals surface area contributed by atoms with E-state index in [2.05, 4.69) is 5.32 Å². The van der Waals surface area contributed by atoms with Crippen LogP contribution in [0, 0.1) is 13.8 Å². The molecule has 0 saturated carbocycles. The van der Waals surface area contributed by atoms with Gasteiger partial charge in [-0.2, -0.15) is 0 Å². The first kappa shape index (κ1) is 13.4. The first-order chi connectivity index (χ1) is 8.97. The van der Waals surface area contributed by atoms with E-state index in [0.29, 0.717) is 22.0 Å². The van der Waals surface area contributed by atoms with Crippen molar-refractivity contribution in [3.63, 3.8) is 0 Å². The third-order valence-electron chi connectivity index (χ3n) is 2.98. The second kappa shape index (κ2) is 5.33. The van der Waals surface area contributed by atoms with E-state index in [9.17, 15) is 4.79 Å². The van der Waals surface area contributed by atoms with Crippen molar-refractivity contribution in [2.45, 2.75) is 13.8 Å². The minimum Gasteiger partial charge on any atom is -0.399 e. The standard InChI is InChI=1S/C15H15ClN2O/c1-9-3-5-12(16)8-14(9)18-15(19)11-4-6-13(17)10(2)7-11/h3-8H,17H2,1-2H3,(H,18,19). The molecule has 0 radical (unpaired) electrons. The van der Waals surface area contributed by atoms with E-state index >= 15 is 0 Å². The van der Waals surface area contributed by atoms with Crippen molar-refractivity contribution in [1.29, 1.82) is 0 Å². The predicted octanol–water partition coefficient (Wildman–Crippen LogP) is 3.79. The van der Waals surface area contributed by atoms with Gasteiger partial charge in [0, 0.05) is 22.0 Å². The van der Waals surface area contributed by atoms with Crippen LogP contribution in [0.5, 0.6) is 0 Å². The van der Waals surface area contributed by atoms with Gasteiger partial charge in [0.15, 0.2) is 0 Å². The maximum Gasteiger partial charge on any atom is 0.255 e. The number of nitrogen functional groups attached to an aromatic ring is 1. The highest BCUT2D eigenvalue weighted by molar-refractivity contribution is 6.31. The van der Waals surface area contributed by atoms with Gasteiger partial charge in [-0.05, 0) is 55.3 Å². The van der Waals surface area contributed by atoms with Crippen LogP contribution in [0.2, 0.25) is 5.02 Å². The Labute approximate surface area is 117 Å². The van der Waals surface area contributed by atoms with Crippen LogP contribution < -0.4 is 11.1 Å². The third kappa shape index (κ3) is 3.06. The van der Waals surface area contributed by atoms with Crippen molar-refractivity contribution >= 4 is 28.9 Å². The quantitative estimate of drug-likeness (QED) is 0.819. The number of carbonyl (C=O) groups is 1. The molecule has 3 nitrogen and oxygen atoms in total. The molecule has 2 aromatic carbocycles. The van der Waals surface area contributed by atoms with Crippen molar-refractivity contribution in [3.05, 3.63) is 58.1 Å². The van der Waals surface area contributed by atoms with Crippen molar-refractivity contribution in [2.75, 3.05) is 11.1 Å². The summed E-state index contributed by atoms with van der Waals surface area (Å²) in [4.78, 5) is 12.1. The lowest BCUT2D eigenvalue weighted by Crippen LogP contribution is -2.13. The summed E-state index contributed by atoms with van der Waals surface area (Å²) in [5.74, 6) is -0.173. The zero-order valence-corrected chi connectivity index (χ0v) is 11.6. The largest absolute Gasteiger partial charge is 0.399 e. The molecule has 3 N–H and O–H groups in total. The molecule has 2 aromatic rings. The van der Waals surface area contributed by atoms with Crippen molar-refractivity contribution in [1.82, 2.24) is 0 Å². The summed E-state index contributed by atoms with van der Waals surface area (Å²) in [6.07, 6.45) is 0. The van der Waals surface area contributed by atoms with E-state index in [1.165, 1.54) is 0 Å². The first-order valence-corrected chi connectivity index (χ1v) is 6.29. The Kier molecular flexibility index (Phi) is 3.76. The number of anilines is 2. The molecule has 0 saturated heterocycles. The maximum atomic E-state index is 12.1. The average molecular weight is 275 g/mol. The van der Waals surface area contributed by atoms with Gasteiger partial charge in [-0.25, -0.2) is 0 Å². The minimum atomic E-state index is -0.173. The molecule has 0 aliphatic rings. The summed E-state index contributed by atoms with van der Waals surface area (Å²) >= 11 is 5.92. The van der Waals surface area contributed by atoms with Gasteiger partial charge in [-0.15, -0.1) is 0 Å². The van der Waals surface area contributed by atoms with E-state index in [1.807, 2.05) is 19.9 Å². The van der Waals surface area contributed by atoms with E-state index in [4.69, 9.17) is 17.3 Å². The van der Waals surface area contributed by atoms with Crippen LogP contribution in [0.25, 0.3) is 0 Å². The number of amides is 1. The van der Waals surface area contributed by atoms with Crippen molar-refractivity contribution < 1.29 is 4.79 Å². The molecular weight excluding hydrogens is 260 g/mol. The lowest BCUT2D eigenvalue weighted by Gasteiger charge is -2.10. The van der Waals surface area contributed by atoms with Gasteiger partial charge in [-0.1, -0.05) is 17.7 Å². The number of hydrogen-bond donors (Lipinski definition) is 2. The van der Waals surface area contributed by atoms with Crippen LogP contribution in [-0.2, 0) is 0 Å². The molecule has 0 fully saturated rings. The smallest absolute Gasteiger partial charge is 0.255 e. The van der Waals surface area contributed by atoms with Gasteiger partial charge in [-0.3, -0.25) is 4.79 Å². The molecule has 1 amide bonds. The molecule has 0 atom stereocenters. The highest BCUT2D eigenvalue weighted by Gasteiger charge is 2.09. The molecule has 0 aromatic heterocycles. The second-order valence-electron chi connectivity index (χ2n) is 4.48. The minimum absolute atomic E-state index is 0.173. The number of rotatable bonds is 2. The van der Waals surface area contributed by atoms with Gasteiger partial charge >= 0.3 is 0 Å². The van der Waals surface area contributed by atoms with Gasteiger partial charge in [0.1, 0.15) is 0 Å². The second-order valence-corrected chi connectivity index (χ2v) is 4.92. The zero-order valence-electron chi connectivity index (χ0n) is 10.8. The third-order valence-corrected chi connectivity index (χ3v) is 3.21. The lowest BCUT2D eigenvalue weighted by atomic mass is 10.1. The van der Waals surface area contributed by atoms with Gasteiger partial charge in [0.25, 0.3) is 5.91 Å². The Bertz CT molecular complexity index is 638. The zero-order chi connectivity index (χ0) is 14.0.